The van der Waals surface area contributed by atoms with Gasteiger partial charge in [-0.05, 0) is 53.0 Å². The van der Waals surface area contributed by atoms with Gasteiger partial charge in [-0.15, -0.1) is 0 Å². The summed E-state index contributed by atoms with van der Waals surface area (Å²) in [4.78, 5) is 4.83. The average Bonchev–Trinajstić information content (AvgIpc) is 2.53. The van der Waals surface area contributed by atoms with Gasteiger partial charge < -0.3 is 15.4 Å². The van der Waals surface area contributed by atoms with Crippen molar-refractivity contribution in [1.29, 1.82) is 0 Å². The molecule has 0 amide bonds. The Morgan fingerprint density at radius 1 is 1.25 bits per heavy atom. The predicted molar refractivity (Wildman–Crippen MR) is 101 cm³/mol. The van der Waals surface area contributed by atoms with Crippen LogP contribution in [0.3, 0.4) is 0 Å². The Kier molecular flexibility index (Phi) is 6.67. The van der Waals surface area contributed by atoms with Crippen LogP contribution in [0.4, 0.5) is 0 Å². The second kappa shape index (κ2) is 8.52. The lowest BCUT2D eigenvalue weighted by molar-refractivity contribution is -0.0250. The minimum atomic E-state index is 0.000423. The van der Waals surface area contributed by atoms with E-state index in [0.717, 1.165) is 38.5 Å². The van der Waals surface area contributed by atoms with E-state index in [1.807, 2.05) is 0 Å². The first-order chi connectivity index (χ1) is 11.4. The molecule has 4 heteroatoms. The zero-order chi connectivity index (χ0) is 17.6. The lowest BCUT2D eigenvalue weighted by Gasteiger charge is -2.32. The molecule has 1 aromatic carbocycles. The third-order valence-corrected chi connectivity index (χ3v) is 4.17. The van der Waals surface area contributed by atoms with Crippen molar-refractivity contribution < 1.29 is 4.74 Å². The van der Waals surface area contributed by atoms with Crippen LogP contribution in [-0.4, -0.2) is 31.2 Å². The molecule has 0 radical (unpaired) electrons. The van der Waals surface area contributed by atoms with Gasteiger partial charge in [0.25, 0.3) is 0 Å². The second-order valence-corrected chi connectivity index (χ2v) is 7.70. The molecule has 1 heterocycles. The Balaban J connectivity index is 2.09. The average molecular weight is 332 g/mol. The van der Waals surface area contributed by atoms with Gasteiger partial charge in [-0.3, -0.25) is 4.99 Å². The van der Waals surface area contributed by atoms with E-state index < -0.39 is 0 Å². The van der Waals surface area contributed by atoms with Crippen molar-refractivity contribution in [2.75, 3.05) is 19.7 Å². The standard InChI is InChI=1S/C20H33N3O/c1-6-21-19(23-20(3,4)5)22-14-17-8-7-13-24-18(17)16-11-9-15(2)10-12-16/h9-12,17-18H,6-8,13-14H2,1-5H3,(H2,21,22,23). The summed E-state index contributed by atoms with van der Waals surface area (Å²) in [6, 6.07) is 8.72. The van der Waals surface area contributed by atoms with Gasteiger partial charge in [0.2, 0.25) is 0 Å². The van der Waals surface area contributed by atoms with Crippen molar-refractivity contribution in [3.63, 3.8) is 0 Å². The van der Waals surface area contributed by atoms with Crippen LogP contribution in [0.2, 0.25) is 0 Å². The fraction of sp³-hybridized carbons (Fsp3) is 0.650. The molecule has 0 aromatic heterocycles. The summed E-state index contributed by atoms with van der Waals surface area (Å²) in [6.45, 7) is 13.2. The maximum absolute atomic E-state index is 6.10. The number of ether oxygens (including phenoxy) is 1. The van der Waals surface area contributed by atoms with Crippen molar-refractivity contribution in [3.05, 3.63) is 35.4 Å². The zero-order valence-corrected chi connectivity index (χ0v) is 15.9. The van der Waals surface area contributed by atoms with Crippen molar-refractivity contribution in [3.8, 4) is 0 Å². The van der Waals surface area contributed by atoms with Gasteiger partial charge in [0.05, 0.1) is 6.10 Å². The predicted octanol–water partition coefficient (Wildman–Crippen LogP) is 3.82. The molecule has 0 bridgehead atoms. The van der Waals surface area contributed by atoms with Crippen molar-refractivity contribution in [2.45, 2.75) is 59.1 Å². The van der Waals surface area contributed by atoms with E-state index in [1.54, 1.807) is 0 Å². The van der Waals surface area contributed by atoms with Crippen LogP contribution in [0, 0.1) is 12.8 Å². The van der Waals surface area contributed by atoms with Crippen molar-refractivity contribution in [2.24, 2.45) is 10.9 Å². The Hall–Kier alpha value is -1.55. The first-order valence-electron chi connectivity index (χ1n) is 9.13. The third-order valence-electron chi connectivity index (χ3n) is 4.17. The number of nitrogens with one attached hydrogen (secondary N) is 2. The first kappa shape index (κ1) is 18.8. The topological polar surface area (TPSA) is 45.7 Å². The second-order valence-electron chi connectivity index (χ2n) is 7.70. The highest BCUT2D eigenvalue weighted by atomic mass is 16.5. The number of hydrogen-bond donors (Lipinski definition) is 2. The molecule has 0 aliphatic carbocycles. The van der Waals surface area contributed by atoms with Crippen LogP contribution in [0.5, 0.6) is 0 Å². The van der Waals surface area contributed by atoms with Crippen LogP contribution in [0.1, 0.15) is 57.8 Å². The molecule has 2 N–H and O–H groups in total. The summed E-state index contributed by atoms with van der Waals surface area (Å²) in [5.74, 6) is 1.31. The van der Waals surface area contributed by atoms with Crippen LogP contribution < -0.4 is 10.6 Å². The lowest BCUT2D eigenvalue weighted by atomic mass is 9.89. The van der Waals surface area contributed by atoms with E-state index in [0.29, 0.717) is 5.92 Å². The van der Waals surface area contributed by atoms with Crippen LogP contribution in [-0.2, 0) is 4.74 Å². The van der Waals surface area contributed by atoms with Gasteiger partial charge in [-0.2, -0.15) is 0 Å². The summed E-state index contributed by atoms with van der Waals surface area (Å²) in [6.07, 6.45) is 2.43. The molecule has 2 atom stereocenters. The monoisotopic (exact) mass is 331 g/mol. The molecular formula is C20H33N3O. The normalized spacial score (nSPS) is 22.3. The van der Waals surface area contributed by atoms with Gasteiger partial charge >= 0.3 is 0 Å². The van der Waals surface area contributed by atoms with Gasteiger partial charge in [0.1, 0.15) is 0 Å². The minimum absolute atomic E-state index is 0.000423. The van der Waals surface area contributed by atoms with E-state index in [2.05, 4.69) is 69.5 Å². The van der Waals surface area contributed by atoms with Crippen molar-refractivity contribution >= 4 is 5.96 Å². The van der Waals surface area contributed by atoms with E-state index in [-0.39, 0.29) is 11.6 Å². The molecule has 0 spiro atoms. The van der Waals surface area contributed by atoms with E-state index >= 15 is 0 Å². The minimum Gasteiger partial charge on any atom is -0.373 e. The lowest BCUT2D eigenvalue weighted by Crippen LogP contribution is -2.47. The fourth-order valence-electron chi connectivity index (χ4n) is 3.03. The SMILES string of the molecule is CCNC(=NCC1CCCOC1c1ccc(C)cc1)NC(C)(C)C. The molecule has 134 valence electrons. The van der Waals surface area contributed by atoms with Gasteiger partial charge in [0.15, 0.2) is 5.96 Å². The van der Waals surface area contributed by atoms with Crippen molar-refractivity contribution in [1.82, 2.24) is 10.6 Å². The smallest absolute Gasteiger partial charge is 0.191 e. The zero-order valence-electron chi connectivity index (χ0n) is 15.9. The molecule has 2 rings (SSSR count). The van der Waals surface area contributed by atoms with Crippen LogP contribution in [0.25, 0.3) is 0 Å². The van der Waals surface area contributed by atoms with Gasteiger partial charge in [-0.25, -0.2) is 0 Å². The van der Waals surface area contributed by atoms with E-state index in [4.69, 9.17) is 9.73 Å². The van der Waals surface area contributed by atoms with Gasteiger partial charge in [-0.1, -0.05) is 29.8 Å². The number of aryl methyl sites for hydroxylation is 1. The summed E-state index contributed by atoms with van der Waals surface area (Å²) < 4.78 is 6.10. The largest absolute Gasteiger partial charge is 0.373 e. The highest BCUT2D eigenvalue weighted by Crippen LogP contribution is 2.33. The van der Waals surface area contributed by atoms with E-state index in [1.165, 1.54) is 11.1 Å². The molecule has 1 aromatic rings. The molecule has 1 fully saturated rings. The molecule has 2 unspecified atom stereocenters. The number of guanidine groups is 1. The summed E-state index contributed by atoms with van der Waals surface area (Å²) in [5.41, 5.74) is 2.56. The molecule has 24 heavy (non-hydrogen) atoms. The summed E-state index contributed by atoms with van der Waals surface area (Å²) in [7, 11) is 0. The molecule has 1 aliphatic heterocycles. The van der Waals surface area contributed by atoms with Crippen LogP contribution in [0.15, 0.2) is 29.3 Å². The summed E-state index contributed by atoms with van der Waals surface area (Å²) in [5, 5.41) is 6.80. The maximum Gasteiger partial charge on any atom is 0.191 e. The maximum atomic E-state index is 6.10. The van der Waals surface area contributed by atoms with E-state index in [9.17, 15) is 0 Å². The molecular weight excluding hydrogens is 298 g/mol. The Labute approximate surface area is 147 Å². The Morgan fingerprint density at radius 2 is 1.96 bits per heavy atom. The quantitative estimate of drug-likeness (QED) is 0.651. The highest BCUT2D eigenvalue weighted by Gasteiger charge is 2.27. The highest BCUT2D eigenvalue weighted by molar-refractivity contribution is 5.80. The van der Waals surface area contributed by atoms with Crippen LogP contribution >= 0.6 is 0 Å². The number of rotatable bonds is 4. The number of benzene rings is 1. The Morgan fingerprint density at radius 3 is 2.58 bits per heavy atom. The molecule has 4 nitrogen and oxygen atoms in total. The van der Waals surface area contributed by atoms with Gasteiger partial charge in [0, 0.05) is 31.2 Å². The molecule has 1 saturated heterocycles. The number of nitrogens with zero attached hydrogens (tertiary/aromatic N) is 1. The molecule has 0 saturated carbocycles. The number of aliphatic imine (C=N–C) groups is 1. The number of hydrogen-bond acceptors (Lipinski definition) is 2. The fourth-order valence-corrected chi connectivity index (χ4v) is 3.03. The summed E-state index contributed by atoms with van der Waals surface area (Å²) >= 11 is 0. The molecule has 1 aliphatic rings. The Bertz CT molecular complexity index is 531. The third kappa shape index (κ3) is 5.82. The first-order valence-corrected chi connectivity index (χ1v) is 9.13.